The summed E-state index contributed by atoms with van der Waals surface area (Å²) in [6.07, 6.45) is 3.87. The van der Waals surface area contributed by atoms with Crippen LogP contribution >= 0.6 is 0 Å². The summed E-state index contributed by atoms with van der Waals surface area (Å²) in [4.78, 5) is 28.8. The molecule has 0 aromatic rings. The average molecular weight is 427 g/mol. The number of hydrogen-bond acceptors (Lipinski definition) is 4. The van der Waals surface area contributed by atoms with Gasteiger partial charge in [-0.05, 0) is 71.5 Å². The molecule has 0 radical (unpaired) electrons. The number of amides is 2. The van der Waals surface area contributed by atoms with Crippen molar-refractivity contribution in [2.75, 3.05) is 13.1 Å². The Bertz CT molecular complexity index is 601. The van der Waals surface area contributed by atoms with E-state index in [0.29, 0.717) is 12.6 Å². The van der Waals surface area contributed by atoms with Crippen molar-refractivity contribution < 1.29 is 18.8 Å². The van der Waals surface area contributed by atoms with Gasteiger partial charge in [-0.3, -0.25) is 9.69 Å². The van der Waals surface area contributed by atoms with Gasteiger partial charge in [-0.2, -0.15) is 0 Å². The molecular weight excluding hydrogens is 384 g/mol. The van der Waals surface area contributed by atoms with Crippen LogP contribution in [-0.4, -0.2) is 67.0 Å². The SMILES string of the molecule is C[C@@H]1CN(C2CCC(O[Si](C)(C)C(C)(C)C)CC2)C(=O)CN1C(=O)OC(C)(C)C. The minimum Gasteiger partial charge on any atom is -0.444 e. The van der Waals surface area contributed by atoms with E-state index in [1.807, 2.05) is 32.6 Å². The maximum atomic E-state index is 12.8. The fourth-order valence-electron chi connectivity index (χ4n) is 3.86. The summed E-state index contributed by atoms with van der Waals surface area (Å²) in [6.45, 7) is 19.6. The van der Waals surface area contributed by atoms with Crippen molar-refractivity contribution in [3.05, 3.63) is 0 Å². The predicted octanol–water partition coefficient (Wildman–Crippen LogP) is 4.79. The molecule has 0 spiro atoms. The van der Waals surface area contributed by atoms with Crippen molar-refractivity contribution >= 4 is 20.3 Å². The third-order valence-corrected chi connectivity index (χ3v) is 11.1. The van der Waals surface area contributed by atoms with E-state index < -0.39 is 20.0 Å². The van der Waals surface area contributed by atoms with Gasteiger partial charge in [0.05, 0.1) is 6.04 Å². The van der Waals surface area contributed by atoms with Crippen molar-refractivity contribution in [2.24, 2.45) is 0 Å². The predicted molar refractivity (Wildman–Crippen MR) is 118 cm³/mol. The van der Waals surface area contributed by atoms with Gasteiger partial charge in [0.15, 0.2) is 8.32 Å². The quantitative estimate of drug-likeness (QED) is 0.609. The van der Waals surface area contributed by atoms with E-state index in [1.54, 1.807) is 4.90 Å². The van der Waals surface area contributed by atoms with E-state index in [9.17, 15) is 9.59 Å². The number of carbonyl (C=O) groups excluding carboxylic acids is 2. The number of hydrogen-bond donors (Lipinski definition) is 0. The number of piperazine rings is 1. The normalized spacial score (nSPS) is 27.2. The molecule has 1 aliphatic heterocycles. The van der Waals surface area contributed by atoms with Gasteiger partial charge in [0, 0.05) is 18.7 Å². The van der Waals surface area contributed by atoms with Crippen molar-refractivity contribution in [1.29, 1.82) is 0 Å². The highest BCUT2D eigenvalue weighted by atomic mass is 28.4. The molecule has 2 aliphatic rings. The minimum atomic E-state index is -1.76. The van der Waals surface area contributed by atoms with Crippen LogP contribution in [0.5, 0.6) is 0 Å². The molecule has 1 saturated carbocycles. The Hall–Kier alpha value is -1.08. The standard InChI is InChI=1S/C22H42N2O4Si/c1-16-14-24(19(25)15-23(16)20(26)27-21(2,3)4)17-10-12-18(13-11-17)28-29(8,9)22(5,6)7/h16-18H,10-15H2,1-9H3/t16-,17?,18?/m1/s1. The molecule has 168 valence electrons. The molecular formula is C22H42N2O4Si. The first-order valence-corrected chi connectivity index (χ1v) is 14.0. The second-order valence-electron chi connectivity index (χ2n) is 11.3. The molecule has 2 rings (SSSR count). The highest BCUT2D eigenvalue weighted by molar-refractivity contribution is 6.74. The van der Waals surface area contributed by atoms with Crippen LogP contribution in [0.15, 0.2) is 0 Å². The summed E-state index contributed by atoms with van der Waals surface area (Å²) in [5.41, 5.74) is -0.556. The topological polar surface area (TPSA) is 59.1 Å². The lowest BCUT2D eigenvalue weighted by molar-refractivity contribution is -0.142. The Morgan fingerprint density at radius 3 is 2.07 bits per heavy atom. The van der Waals surface area contributed by atoms with Crippen LogP contribution in [0.4, 0.5) is 4.79 Å². The lowest BCUT2D eigenvalue weighted by Crippen LogP contribution is -2.60. The van der Waals surface area contributed by atoms with Crippen molar-refractivity contribution in [3.8, 4) is 0 Å². The molecule has 1 atom stereocenters. The molecule has 2 amide bonds. The van der Waals surface area contributed by atoms with E-state index in [4.69, 9.17) is 9.16 Å². The Labute approximate surface area is 178 Å². The Morgan fingerprint density at radius 1 is 1.03 bits per heavy atom. The van der Waals surface area contributed by atoms with Crippen LogP contribution in [0.25, 0.3) is 0 Å². The second kappa shape index (κ2) is 8.58. The van der Waals surface area contributed by atoms with Crippen molar-refractivity contribution in [3.63, 3.8) is 0 Å². The van der Waals surface area contributed by atoms with Gasteiger partial charge >= 0.3 is 6.09 Å². The zero-order valence-electron chi connectivity index (χ0n) is 20.0. The molecule has 7 heteroatoms. The number of nitrogens with zero attached hydrogens (tertiary/aromatic N) is 2. The minimum absolute atomic E-state index is 0.0303. The van der Waals surface area contributed by atoms with Crippen molar-refractivity contribution in [2.45, 2.75) is 116 Å². The highest BCUT2D eigenvalue weighted by Gasteiger charge is 2.42. The zero-order valence-corrected chi connectivity index (χ0v) is 21.0. The molecule has 29 heavy (non-hydrogen) atoms. The van der Waals surface area contributed by atoms with E-state index in [0.717, 1.165) is 25.7 Å². The van der Waals surface area contributed by atoms with E-state index in [2.05, 4.69) is 33.9 Å². The van der Waals surface area contributed by atoms with Crippen molar-refractivity contribution in [1.82, 2.24) is 9.80 Å². The third kappa shape index (κ3) is 6.20. The monoisotopic (exact) mass is 426 g/mol. The van der Waals surface area contributed by atoms with Gasteiger partial charge in [0.1, 0.15) is 12.1 Å². The van der Waals surface area contributed by atoms with Gasteiger partial charge < -0.3 is 14.1 Å². The van der Waals surface area contributed by atoms with Crippen LogP contribution in [0.2, 0.25) is 18.1 Å². The molecule has 1 saturated heterocycles. The van der Waals surface area contributed by atoms with E-state index in [-0.39, 0.29) is 29.6 Å². The molecule has 1 aliphatic carbocycles. The second-order valence-corrected chi connectivity index (χ2v) is 16.1. The highest BCUT2D eigenvalue weighted by Crippen LogP contribution is 2.39. The van der Waals surface area contributed by atoms with Crippen LogP contribution in [0.1, 0.15) is 74.1 Å². The third-order valence-electron chi connectivity index (χ3n) is 6.60. The Morgan fingerprint density at radius 2 is 1.59 bits per heavy atom. The largest absolute Gasteiger partial charge is 0.444 e. The fraction of sp³-hybridized carbons (Fsp3) is 0.909. The van der Waals surface area contributed by atoms with Gasteiger partial charge in [0.2, 0.25) is 5.91 Å². The smallest absolute Gasteiger partial charge is 0.411 e. The van der Waals surface area contributed by atoms with Gasteiger partial charge in [0.25, 0.3) is 0 Å². The molecule has 0 aromatic carbocycles. The molecule has 0 bridgehead atoms. The molecule has 0 unspecified atom stereocenters. The number of rotatable bonds is 3. The molecule has 6 nitrogen and oxygen atoms in total. The van der Waals surface area contributed by atoms with Gasteiger partial charge in [-0.1, -0.05) is 20.8 Å². The zero-order chi connectivity index (χ0) is 22.2. The maximum Gasteiger partial charge on any atom is 0.411 e. The lowest BCUT2D eigenvalue weighted by atomic mass is 9.91. The average Bonchev–Trinajstić information content (AvgIpc) is 2.54. The van der Waals surface area contributed by atoms with Crippen LogP contribution < -0.4 is 0 Å². The lowest BCUT2D eigenvalue weighted by Gasteiger charge is -2.46. The van der Waals surface area contributed by atoms with Crippen LogP contribution in [0.3, 0.4) is 0 Å². The van der Waals surface area contributed by atoms with Gasteiger partial charge in [-0.15, -0.1) is 0 Å². The molecule has 2 fully saturated rings. The summed E-state index contributed by atoms with van der Waals surface area (Å²) in [7, 11) is -1.76. The summed E-state index contributed by atoms with van der Waals surface area (Å²) < 4.78 is 12.1. The molecule has 0 N–H and O–H groups in total. The summed E-state index contributed by atoms with van der Waals surface area (Å²) in [5, 5.41) is 0.216. The summed E-state index contributed by atoms with van der Waals surface area (Å²) in [6, 6.07) is 0.216. The first kappa shape index (κ1) is 24.2. The Balaban J connectivity index is 1.91. The van der Waals surface area contributed by atoms with Gasteiger partial charge in [-0.25, -0.2) is 4.79 Å². The first-order valence-electron chi connectivity index (χ1n) is 11.1. The maximum absolute atomic E-state index is 12.8. The summed E-state index contributed by atoms with van der Waals surface area (Å²) in [5.74, 6) is 0.0303. The fourth-order valence-corrected chi connectivity index (χ4v) is 5.29. The number of ether oxygens (including phenoxy) is 1. The molecule has 1 heterocycles. The van der Waals surface area contributed by atoms with Crippen LogP contribution in [0, 0.1) is 0 Å². The van der Waals surface area contributed by atoms with E-state index >= 15 is 0 Å². The number of carbonyl (C=O) groups is 2. The van der Waals surface area contributed by atoms with E-state index in [1.165, 1.54) is 0 Å². The summed E-state index contributed by atoms with van der Waals surface area (Å²) >= 11 is 0. The Kier molecular flexibility index (Phi) is 7.15. The molecule has 0 aromatic heterocycles. The van der Waals surface area contributed by atoms with Crippen LogP contribution in [-0.2, 0) is 14.0 Å². The first-order chi connectivity index (χ1) is 13.1.